The van der Waals surface area contributed by atoms with E-state index in [-0.39, 0.29) is 0 Å². The van der Waals surface area contributed by atoms with Crippen LogP contribution in [0, 0.1) is 11.8 Å². The van der Waals surface area contributed by atoms with E-state index in [1.54, 1.807) is 21.3 Å². The summed E-state index contributed by atoms with van der Waals surface area (Å²) in [7, 11) is 5.00. The molecule has 0 aliphatic carbocycles. The van der Waals surface area contributed by atoms with Crippen LogP contribution < -0.4 is 14.2 Å². The molecule has 0 aliphatic heterocycles. The summed E-state index contributed by atoms with van der Waals surface area (Å²) in [6, 6.07) is 3.82. The summed E-state index contributed by atoms with van der Waals surface area (Å²) in [5.41, 5.74) is 1.11. The van der Waals surface area contributed by atoms with Crippen LogP contribution in [-0.2, 0) is 6.42 Å². The topological polar surface area (TPSA) is 27.7 Å². The Bertz CT molecular complexity index is 360. The summed E-state index contributed by atoms with van der Waals surface area (Å²) in [6.45, 7) is 6.70. The molecular formula is C15H24O3. The fourth-order valence-electron chi connectivity index (χ4n) is 1.84. The quantitative estimate of drug-likeness (QED) is 0.775. The van der Waals surface area contributed by atoms with Gasteiger partial charge in [0.25, 0.3) is 0 Å². The van der Waals surface area contributed by atoms with E-state index in [0.717, 1.165) is 29.2 Å². The zero-order valence-corrected chi connectivity index (χ0v) is 12.2. The van der Waals surface area contributed by atoms with Gasteiger partial charge in [0.05, 0.1) is 21.3 Å². The third kappa shape index (κ3) is 3.31. The highest BCUT2D eigenvalue weighted by Gasteiger charge is 2.17. The fraction of sp³-hybridized carbons (Fsp3) is 0.600. The predicted octanol–water partition coefficient (Wildman–Crippen LogP) is 3.55. The van der Waals surface area contributed by atoms with E-state index < -0.39 is 0 Å². The van der Waals surface area contributed by atoms with E-state index in [1.807, 2.05) is 12.1 Å². The van der Waals surface area contributed by atoms with Crippen LogP contribution in [0.3, 0.4) is 0 Å². The van der Waals surface area contributed by atoms with E-state index in [9.17, 15) is 0 Å². The van der Waals surface area contributed by atoms with E-state index >= 15 is 0 Å². The van der Waals surface area contributed by atoms with Crippen molar-refractivity contribution in [3.63, 3.8) is 0 Å². The van der Waals surface area contributed by atoms with Crippen LogP contribution in [0.4, 0.5) is 0 Å². The smallest absolute Gasteiger partial charge is 0.129 e. The first-order valence-electron chi connectivity index (χ1n) is 6.32. The molecule has 0 bridgehead atoms. The third-order valence-corrected chi connectivity index (χ3v) is 3.48. The maximum Gasteiger partial charge on any atom is 0.129 e. The van der Waals surface area contributed by atoms with Crippen LogP contribution in [-0.4, -0.2) is 21.3 Å². The van der Waals surface area contributed by atoms with E-state index in [1.165, 1.54) is 0 Å². The SMILES string of the molecule is COc1cc(OC)c(CC(C)C(C)C)c(OC)c1. The standard InChI is InChI=1S/C15H24O3/c1-10(2)11(3)7-13-14(17-5)8-12(16-4)9-15(13)18-6/h8-11H,7H2,1-6H3. The molecule has 0 amide bonds. The molecule has 18 heavy (non-hydrogen) atoms. The molecule has 102 valence electrons. The van der Waals surface area contributed by atoms with Gasteiger partial charge >= 0.3 is 0 Å². The van der Waals surface area contributed by atoms with Crippen molar-refractivity contribution in [2.45, 2.75) is 27.2 Å². The molecule has 3 heteroatoms. The third-order valence-electron chi connectivity index (χ3n) is 3.48. The second-order valence-electron chi connectivity index (χ2n) is 4.94. The Morgan fingerprint density at radius 2 is 1.39 bits per heavy atom. The van der Waals surface area contributed by atoms with Crippen LogP contribution in [0.5, 0.6) is 17.2 Å². The van der Waals surface area contributed by atoms with Gasteiger partial charge in [0.15, 0.2) is 0 Å². The zero-order chi connectivity index (χ0) is 13.7. The van der Waals surface area contributed by atoms with Crippen molar-refractivity contribution in [3.8, 4) is 17.2 Å². The van der Waals surface area contributed by atoms with Crippen LogP contribution in [0.2, 0.25) is 0 Å². The van der Waals surface area contributed by atoms with Gasteiger partial charge in [-0.1, -0.05) is 20.8 Å². The minimum absolute atomic E-state index is 0.571. The van der Waals surface area contributed by atoms with Gasteiger partial charge in [-0.05, 0) is 18.3 Å². The Balaban J connectivity index is 3.14. The first-order valence-corrected chi connectivity index (χ1v) is 6.32. The lowest BCUT2D eigenvalue weighted by atomic mass is 9.90. The highest BCUT2D eigenvalue weighted by Crippen LogP contribution is 2.36. The van der Waals surface area contributed by atoms with Gasteiger partial charge in [-0.15, -0.1) is 0 Å². The maximum atomic E-state index is 5.45. The predicted molar refractivity (Wildman–Crippen MR) is 73.8 cm³/mol. The summed E-state index contributed by atoms with van der Waals surface area (Å²) >= 11 is 0. The van der Waals surface area contributed by atoms with Crippen molar-refractivity contribution in [3.05, 3.63) is 17.7 Å². The summed E-state index contributed by atoms with van der Waals surface area (Å²) in [5, 5.41) is 0. The van der Waals surface area contributed by atoms with Crippen LogP contribution in [0.25, 0.3) is 0 Å². The molecule has 1 atom stereocenters. The van der Waals surface area contributed by atoms with Gasteiger partial charge in [0, 0.05) is 17.7 Å². The van der Waals surface area contributed by atoms with E-state index in [0.29, 0.717) is 11.8 Å². The number of hydrogen-bond acceptors (Lipinski definition) is 3. The summed E-state index contributed by atoms with van der Waals surface area (Å²) in [4.78, 5) is 0. The van der Waals surface area contributed by atoms with Gasteiger partial charge in [0.2, 0.25) is 0 Å². The second-order valence-corrected chi connectivity index (χ2v) is 4.94. The van der Waals surface area contributed by atoms with E-state index in [4.69, 9.17) is 14.2 Å². The monoisotopic (exact) mass is 252 g/mol. The Kier molecular flexibility index (Phi) is 5.32. The molecule has 0 aromatic heterocycles. The molecule has 1 aromatic carbocycles. The lowest BCUT2D eigenvalue weighted by molar-refractivity contribution is 0.353. The lowest BCUT2D eigenvalue weighted by Gasteiger charge is -2.20. The van der Waals surface area contributed by atoms with Gasteiger partial charge in [-0.2, -0.15) is 0 Å². The molecule has 0 spiro atoms. The highest BCUT2D eigenvalue weighted by molar-refractivity contribution is 5.50. The average Bonchev–Trinajstić information content (AvgIpc) is 2.38. The molecule has 0 saturated carbocycles. The Hall–Kier alpha value is -1.38. The normalized spacial score (nSPS) is 12.4. The van der Waals surface area contributed by atoms with Crippen molar-refractivity contribution in [2.24, 2.45) is 11.8 Å². The van der Waals surface area contributed by atoms with Crippen molar-refractivity contribution in [1.82, 2.24) is 0 Å². The maximum absolute atomic E-state index is 5.45. The summed E-state index contributed by atoms with van der Waals surface area (Å²) in [6.07, 6.45) is 0.938. The van der Waals surface area contributed by atoms with Crippen LogP contribution in [0.15, 0.2) is 12.1 Å². The first kappa shape index (κ1) is 14.7. The fourth-order valence-corrected chi connectivity index (χ4v) is 1.84. The number of rotatable bonds is 6. The highest BCUT2D eigenvalue weighted by atomic mass is 16.5. The lowest BCUT2D eigenvalue weighted by Crippen LogP contribution is -2.09. The molecule has 3 nitrogen and oxygen atoms in total. The number of benzene rings is 1. The van der Waals surface area contributed by atoms with Crippen LogP contribution >= 0.6 is 0 Å². The number of hydrogen-bond donors (Lipinski definition) is 0. The summed E-state index contributed by atoms with van der Waals surface area (Å²) < 4.78 is 16.1. The Morgan fingerprint density at radius 1 is 0.889 bits per heavy atom. The van der Waals surface area contributed by atoms with Crippen molar-refractivity contribution >= 4 is 0 Å². The largest absolute Gasteiger partial charge is 0.496 e. The number of methoxy groups -OCH3 is 3. The molecule has 0 saturated heterocycles. The molecule has 0 heterocycles. The minimum atomic E-state index is 0.571. The van der Waals surface area contributed by atoms with Crippen molar-refractivity contribution < 1.29 is 14.2 Å². The molecular weight excluding hydrogens is 228 g/mol. The first-order chi connectivity index (χ1) is 8.53. The van der Waals surface area contributed by atoms with Crippen molar-refractivity contribution in [1.29, 1.82) is 0 Å². The average molecular weight is 252 g/mol. The molecule has 1 unspecified atom stereocenters. The molecule has 0 radical (unpaired) electrons. The van der Waals surface area contributed by atoms with Gasteiger partial charge in [-0.25, -0.2) is 0 Å². The summed E-state index contributed by atoms with van der Waals surface area (Å²) in [5.74, 6) is 3.62. The van der Waals surface area contributed by atoms with Crippen molar-refractivity contribution in [2.75, 3.05) is 21.3 Å². The Labute approximate surface area is 110 Å². The molecule has 1 aromatic rings. The molecule has 0 aliphatic rings. The minimum Gasteiger partial charge on any atom is -0.496 e. The Morgan fingerprint density at radius 3 is 1.72 bits per heavy atom. The van der Waals surface area contributed by atoms with Gasteiger partial charge < -0.3 is 14.2 Å². The molecule has 0 fully saturated rings. The second kappa shape index (κ2) is 6.53. The zero-order valence-electron chi connectivity index (χ0n) is 12.2. The molecule has 1 rings (SSSR count). The van der Waals surface area contributed by atoms with Gasteiger partial charge in [0.1, 0.15) is 17.2 Å². The van der Waals surface area contributed by atoms with E-state index in [2.05, 4.69) is 20.8 Å². The van der Waals surface area contributed by atoms with Crippen LogP contribution in [0.1, 0.15) is 26.3 Å². The number of ether oxygens (including phenoxy) is 3. The molecule has 0 N–H and O–H groups in total. The van der Waals surface area contributed by atoms with Gasteiger partial charge in [-0.3, -0.25) is 0 Å².